The minimum atomic E-state index is -0.723. The van der Waals surface area contributed by atoms with Crippen LogP contribution >= 0.6 is 27.3 Å². The molecule has 1 aromatic carbocycles. The first-order valence-corrected chi connectivity index (χ1v) is 15.2. The molecule has 0 aliphatic carbocycles. The van der Waals surface area contributed by atoms with Crippen molar-refractivity contribution in [2.45, 2.75) is 58.3 Å². The number of carbonyl (C=O) groups is 2. The normalized spacial score (nSPS) is 18.8. The molecule has 1 N–H and O–H groups in total. The molecule has 0 radical (unpaired) electrons. The van der Waals surface area contributed by atoms with E-state index in [9.17, 15) is 14.4 Å². The minimum Gasteiger partial charge on any atom is -0.444 e. The third kappa shape index (κ3) is 6.68. The van der Waals surface area contributed by atoms with E-state index in [0.29, 0.717) is 37.1 Å². The Balaban J connectivity index is 1.25. The van der Waals surface area contributed by atoms with Gasteiger partial charge in [0.2, 0.25) is 0 Å². The van der Waals surface area contributed by atoms with Crippen LogP contribution in [0.2, 0.25) is 0 Å². The summed E-state index contributed by atoms with van der Waals surface area (Å²) in [6, 6.07) is 5.35. The average Bonchev–Trinajstić information content (AvgIpc) is 3.25. The standard InChI is InChI=1S/C28H34BrN3O7S/c1-28(2,3)38-27(35)32-13-11-31(12-14-32)10-9-20-22(29)18-8-7-17-16-19(26(34)37-23(17)24(18)40-20)25(33)30-39-21-6-4-5-15-36-21/h7-8,16,21H,4-6,9-15H2,1-3H3,(H,30,33). The minimum absolute atomic E-state index is 0.121. The van der Waals surface area contributed by atoms with Gasteiger partial charge < -0.3 is 18.8 Å². The van der Waals surface area contributed by atoms with Crippen LogP contribution < -0.4 is 11.1 Å². The zero-order chi connectivity index (χ0) is 28.4. The Morgan fingerprint density at radius 1 is 1.18 bits per heavy atom. The second kappa shape index (κ2) is 12.2. The number of nitrogens with one attached hydrogen (secondary N) is 1. The van der Waals surface area contributed by atoms with E-state index < -0.39 is 23.4 Å². The maximum Gasteiger partial charge on any atom is 0.410 e. The first-order chi connectivity index (χ1) is 19.1. The summed E-state index contributed by atoms with van der Waals surface area (Å²) in [6.45, 7) is 9.86. The summed E-state index contributed by atoms with van der Waals surface area (Å²) in [4.78, 5) is 48.3. The van der Waals surface area contributed by atoms with Gasteiger partial charge in [0.25, 0.3) is 5.91 Å². The summed E-state index contributed by atoms with van der Waals surface area (Å²) in [5.41, 5.74) is 1.44. The second-order valence-corrected chi connectivity index (χ2v) is 12.9. The molecule has 2 amide bonds. The van der Waals surface area contributed by atoms with Crippen molar-refractivity contribution in [3.8, 4) is 0 Å². The van der Waals surface area contributed by atoms with Crippen LogP contribution in [0.15, 0.2) is 31.9 Å². The van der Waals surface area contributed by atoms with Gasteiger partial charge >= 0.3 is 11.7 Å². The molecule has 2 aliphatic heterocycles. The smallest absolute Gasteiger partial charge is 0.410 e. The highest BCUT2D eigenvalue weighted by Gasteiger charge is 2.26. The third-order valence-corrected chi connectivity index (χ3v) is 9.34. The molecule has 2 saturated heterocycles. The van der Waals surface area contributed by atoms with Crippen molar-refractivity contribution >= 4 is 60.3 Å². The molecule has 0 saturated carbocycles. The van der Waals surface area contributed by atoms with Gasteiger partial charge in [0.15, 0.2) is 11.9 Å². The SMILES string of the molecule is CC(C)(C)OC(=O)N1CCN(CCc2sc3c(ccc4cc(C(=O)NOC5CCCCO5)c(=O)oc43)c2Br)CC1. The van der Waals surface area contributed by atoms with Gasteiger partial charge in [0.1, 0.15) is 11.2 Å². The van der Waals surface area contributed by atoms with Crippen molar-refractivity contribution in [1.29, 1.82) is 0 Å². The van der Waals surface area contributed by atoms with Gasteiger partial charge in [-0.2, -0.15) is 0 Å². The number of piperazine rings is 1. The number of hydrogen-bond donors (Lipinski definition) is 1. The summed E-state index contributed by atoms with van der Waals surface area (Å²) in [5, 5.41) is 1.62. The number of benzene rings is 1. The molecule has 0 spiro atoms. The number of hydroxylamine groups is 1. The highest BCUT2D eigenvalue weighted by Crippen LogP contribution is 2.40. The first-order valence-electron chi connectivity index (χ1n) is 13.5. The Bertz CT molecular complexity index is 1450. The highest BCUT2D eigenvalue weighted by molar-refractivity contribution is 9.10. The van der Waals surface area contributed by atoms with Crippen molar-refractivity contribution in [2.24, 2.45) is 0 Å². The number of ether oxygens (including phenoxy) is 2. The van der Waals surface area contributed by atoms with Crippen LogP contribution in [0.25, 0.3) is 21.1 Å². The average molecular weight is 637 g/mol. The van der Waals surface area contributed by atoms with Crippen molar-refractivity contribution < 1.29 is 28.3 Å². The fourth-order valence-corrected chi connectivity index (χ4v) is 6.86. The fourth-order valence-electron chi connectivity index (χ4n) is 4.79. The molecule has 1 unspecified atom stereocenters. The van der Waals surface area contributed by atoms with E-state index in [4.69, 9.17) is 18.7 Å². The number of nitrogens with zero attached hydrogens (tertiary/aromatic N) is 2. The topological polar surface area (TPSA) is 111 Å². The molecule has 4 heterocycles. The molecular weight excluding hydrogens is 602 g/mol. The number of halogens is 1. The molecule has 40 heavy (non-hydrogen) atoms. The highest BCUT2D eigenvalue weighted by atomic mass is 79.9. The maximum atomic E-state index is 12.8. The van der Waals surface area contributed by atoms with Gasteiger partial charge in [0.05, 0.1) is 4.70 Å². The summed E-state index contributed by atoms with van der Waals surface area (Å²) >= 11 is 5.32. The van der Waals surface area contributed by atoms with E-state index in [0.717, 1.165) is 58.3 Å². The zero-order valence-electron chi connectivity index (χ0n) is 22.9. The van der Waals surface area contributed by atoms with E-state index in [1.54, 1.807) is 22.3 Å². The van der Waals surface area contributed by atoms with E-state index >= 15 is 0 Å². The van der Waals surface area contributed by atoms with Crippen molar-refractivity contribution in [3.63, 3.8) is 0 Å². The molecular formula is C28H34BrN3O7S. The summed E-state index contributed by atoms with van der Waals surface area (Å²) < 4.78 is 18.4. The number of carbonyl (C=O) groups excluding carboxylic acids is 2. The van der Waals surface area contributed by atoms with E-state index in [2.05, 4.69) is 26.3 Å². The molecule has 2 fully saturated rings. The van der Waals surface area contributed by atoms with Crippen molar-refractivity contribution in [1.82, 2.24) is 15.3 Å². The van der Waals surface area contributed by atoms with Gasteiger partial charge in [-0.3, -0.25) is 9.69 Å². The van der Waals surface area contributed by atoms with Crippen LogP contribution in [-0.4, -0.2) is 73.0 Å². The lowest BCUT2D eigenvalue weighted by atomic mass is 10.1. The number of hydrogen-bond acceptors (Lipinski definition) is 9. The Morgan fingerprint density at radius 3 is 2.65 bits per heavy atom. The molecule has 2 aliphatic rings. The largest absolute Gasteiger partial charge is 0.444 e. The molecule has 2 aromatic heterocycles. The molecule has 12 heteroatoms. The molecule has 216 valence electrons. The molecule has 5 rings (SSSR count). The Hall–Kier alpha value is -2.51. The van der Waals surface area contributed by atoms with Crippen LogP contribution in [-0.2, 0) is 20.7 Å². The summed E-state index contributed by atoms with van der Waals surface area (Å²) in [7, 11) is 0. The van der Waals surface area contributed by atoms with Crippen LogP contribution in [0.3, 0.4) is 0 Å². The van der Waals surface area contributed by atoms with Crippen LogP contribution in [0, 0.1) is 0 Å². The maximum absolute atomic E-state index is 12.8. The molecule has 0 bridgehead atoms. The third-order valence-electron chi connectivity index (χ3n) is 6.91. The molecule has 3 aromatic rings. The van der Waals surface area contributed by atoms with E-state index in [1.165, 1.54) is 0 Å². The van der Waals surface area contributed by atoms with E-state index in [1.807, 2.05) is 32.9 Å². The van der Waals surface area contributed by atoms with Crippen LogP contribution in [0.1, 0.15) is 55.3 Å². The lowest BCUT2D eigenvalue weighted by molar-refractivity contribution is -0.186. The number of amides is 2. The van der Waals surface area contributed by atoms with Gasteiger partial charge in [-0.1, -0.05) is 12.1 Å². The van der Waals surface area contributed by atoms with Crippen LogP contribution in [0.5, 0.6) is 0 Å². The monoisotopic (exact) mass is 635 g/mol. The van der Waals surface area contributed by atoms with Crippen molar-refractivity contribution in [2.75, 3.05) is 39.3 Å². The number of rotatable bonds is 6. The summed E-state index contributed by atoms with van der Waals surface area (Å²) in [6.07, 6.45) is 2.63. The Morgan fingerprint density at radius 2 is 1.95 bits per heavy atom. The first kappa shape index (κ1) is 29.0. The van der Waals surface area contributed by atoms with Gasteiger partial charge in [-0.05, 0) is 62.0 Å². The van der Waals surface area contributed by atoms with Gasteiger partial charge in [0, 0.05) is 65.9 Å². The predicted octanol–water partition coefficient (Wildman–Crippen LogP) is 5.05. The molecule has 10 nitrogen and oxygen atoms in total. The van der Waals surface area contributed by atoms with Crippen molar-refractivity contribution in [3.05, 3.63) is 43.5 Å². The predicted molar refractivity (Wildman–Crippen MR) is 156 cm³/mol. The van der Waals surface area contributed by atoms with Gasteiger partial charge in [-0.25, -0.2) is 19.9 Å². The fraction of sp³-hybridized carbons (Fsp3) is 0.536. The van der Waals surface area contributed by atoms with Gasteiger partial charge in [-0.15, -0.1) is 11.3 Å². The van der Waals surface area contributed by atoms with Crippen LogP contribution in [0.4, 0.5) is 4.79 Å². The second-order valence-electron chi connectivity index (χ2n) is 11.1. The Labute approximate surface area is 244 Å². The lowest BCUT2D eigenvalue weighted by Gasteiger charge is -2.35. The Kier molecular flexibility index (Phi) is 8.81. The lowest BCUT2D eigenvalue weighted by Crippen LogP contribution is -2.50. The zero-order valence-corrected chi connectivity index (χ0v) is 25.3. The molecule has 1 atom stereocenters. The quantitative estimate of drug-likeness (QED) is 0.296. The number of thiophene rings is 1. The summed E-state index contributed by atoms with van der Waals surface area (Å²) in [5.74, 6) is -0.662. The van der Waals surface area contributed by atoms with E-state index in [-0.39, 0.29) is 11.7 Å². The number of fused-ring (bicyclic) bond motifs is 3.